The van der Waals surface area contributed by atoms with E-state index in [9.17, 15) is 24.3 Å². The number of carbonyl (C=O) groups is 4. The van der Waals surface area contributed by atoms with Gasteiger partial charge in [0.25, 0.3) is 0 Å². The zero-order valence-electron chi connectivity index (χ0n) is 23.8. The standard InChI is InChI=1S/C30H42BrN3O7/c1-19-18-32-22(36)13-7-3-8-14-33(20-11-5-2-6-12-20)28(38)26-30-17-21(31)25(41-30)23(29(39)40-19)24(30)27(37)34(26)15-9-4-10-16-35/h3,8,17,19-20,23-26,35H,2,4-7,9-16,18H2,1H3,(H,32,36)/b8-3-/t19-,23+,24-,25+,26+,30-/m1/s1. The number of rotatable bonds is 6. The van der Waals surface area contributed by atoms with Gasteiger partial charge in [0.2, 0.25) is 17.7 Å². The van der Waals surface area contributed by atoms with Crippen molar-refractivity contribution in [2.75, 3.05) is 26.2 Å². The van der Waals surface area contributed by atoms with E-state index in [0.717, 1.165) is 32.1 Å². The molecule has 0 radical (unpaired) electrons. The first-order chi connectivity index (χ1) is 19.8. The topological polar surface area (TPSA) is 125 Å². The highest BCUT2D eigenvalue weighted by atomic mass is 79.9. The van der Waals surface area contributed by atoms with Crippen molar-refractivity contribution in [2.45, 2.75) is 101 Å². The number of hydrogen-bond acceptors (Lipinski definition) is 7. The third-order valence-corrected chi connectivity index (χ3v) is 9.88. The summed E-state index contributed by atoms with van der Waals surface area (Å²) in [6.45, 7) is 2.66. The number of unbranched alkanes of at least 4 members (excludes halogenated alkanes) is 2. The predicted molar refractivity (Wildman–Crippen MR) is 154 cm³/mol. The van der Waals surface area contributed by atoms with Crippen LogP contribution >= 0.6 is 15.9 Å². The van der Waals surface area contributed by atoms with Crippen molar-refractivity contribution in [1.82, 2.24) is 15.1 Å². The lowest BCUT2D eigenvalue weighted by Gasteiger charge is -2.40. The second-order valence-corrected chi connectivity index (χ2v) is 12.9. The van der Waals surface area contributed by atoms with E-state index in [-0.39, 0.29) is 36.9 Å². The zero-order chi connectivity index (χ0) is 29.1. The number of halogens is 1. The average Bonchev–Trinajstić information content (AvgIpc) is 3.55. The highest BCUT2D eigenvalue weighted by Gasteiger charge is 2.75. The Bertz CT molecular complexity index is 1090. The van der Waals surface area contributed by atoms with Gasteiger partial charge in [0.1, 0.15) is 29.8 Å². The fraction of sp³-hybridized carbons (Fsp3) is 0.733. The first kappa shape index (κ1) is 30.2. The summed E-state index contributed by atoms with van der Waals surface area (Å²) in [7, 11) is 0. The summed E-state index contributed by atoms with van der Waals surface area (Å²) in [6.07, 6.45) is 12.2. The Balaban J connectivity index is 1.55. The maximum absolute atomic E-state index is 14.7. The van der Waals surface area contributed by atoms with E-state index in [2.05, 4.69) is 21.2 Å². The molecule has 1 aliphatic carbocycles. The molecule has 3 amide bonds. The molecule has 5 rings (SSSR count). The normalized spacial score (nSPS) is 35.8. The fourth-order valence-corrected chi connectivity index (χ4v) is 7.97. The van der Waals surface area contributed by atoms with Crippen LogP contribution in [0.5, 0.6) is 0 Å². The Labute approximate surface area is 250 Å². The number of aliphatic hydroxyl groups excluding tert-OH is 1. The Morgan fingerprint density at radius 3 is 2.61 bits per heavy atom. The minimum absolute atomic E-state index is 0.0423. The fourth-order valence-electron chi connectivity index (χ4n) is 7.23. The van der Waals surface area contributed by atoms with Crippen molar-refractivity contribution in [2.24, 2.45) is 11.8 Å². The van der Waals surface area contributed by atoms with Crippen LogP contribution in [0, 0.1) is 11.8 Å². The summed E-state index contributed by atoms with van der Waals surface area (Å²) in [5, 5.41) is 12.1. The first-order valence-corrected chi connectivity index (χ1v) is 16.0. The molecule has 4 aliphatic heterocycles. The number of nitrogens with zero attached hydrogens (tertiary/aromatic N) is 2. The van der Waals surface area contributed by atoms with Crippen molar-refractivity contribution in [3.05, 3.63) is 22.7 Å². The largest absolute Gasteiger partial charge is 0.460 e. The Morgan fingerprint density at radius 1 is 1.07 bits per heavy atom. The summed E-state index contributed by atoms with van der Waals surface area (Å²) >= 11 is 3.58. The number of aliphatic hydroxyl groups is 1. The monoisotopic (exact) mass is 635 g/mol. The molecule has 0 unspecified atom stereocenters. The highest BCUT2D eigenvalue weighted by Crippen LogP contribution is 2.59. The van der Waals surface area contributed by atoms with Crippen LogP contribution in [0.2, 0.25) is 0 Å². The minimum atomic E-state index is -1.28. The van der Waals surface area contributed by atoms with Gasteiger partial charge in [-0.2, -0.15) is 0 Å². The lowest BCUT2D eigenvalue weighted by Crippen LogP contribution is -2.58. The molecule has 0 aromatic rings. The molecule has 1 spiro atoms. The highest BCUT2D eigenvalue weighted by molar-refractivity contribution is 9.11. The zero-order valence-corrected chi connectivity index (χ0v) is 25.4. The van der Waals surface area contributed by atoms with E-state index in [0.29, 0.717) is 49.7 Å². The van der Waals surface area contributed by atoms with Gasteiger partial charge < -0.3 is 29.7 Å². The number of nitrogens with one attached hydrogen (secondary N) is 1. The number of esters is 1. The SMILES string of the molecule is C[C@@H]1CNC(=O)CC/C=C\CN(C2CCCCC2)C(=O)[C@@H]2N(CCCCCO)C(=O)[C@H]3[C@H](C(=O)O1)[C@H]1O[C@@]23C=C1Br. The van der Waals surface area contributed by atoms with Gasteiger partial charge in [-0.25, -0.2) is 0 Å². The number of hydrogen-bond donors (Lipinski definition) is 2. The second-order valence-electron chi connectivity index (χ2n) is 12.0. The molecule has 2 saturated heterocycles. The van der Waals surface area contributed by atoms with Crippen LogP contribution in [0.4, 0.5) is 0 Å². The predicted octanol–water partition coefficient (Wildman–Crippen LogP) is 2.58. The molecule has 4 heterocycles. The molecule has 3 fully saturated rings. The van der Waals surface area contributed by atoms with Crippen molar-refractivity contribution in [1.29, 1.82) is 0 Å². The lowest BCUT2D eigenvalue weighted by atomic mass is 9.74. The van der Waals surface area contributed by atoms with Crippen LogP contribution in [-0.2, 0) is 28.7 Å². The molecular formula is C30H42BrN3O7. The number of ether oxygens (including phenoxy) is 2. The lowest BCUT2D eigenvalue weighted by molar-refractivity contribution is -0.158. The minimum Gasteiger partial charge on any atom is -0.460 e. The summed E-state index contributed by atoms with van der Waals surface area (Å²) in [6, 6.07) is -0.864. The quantitative estimate of drug-likeness (QED) is 0.261. The van der Waals surface area contributed by atoms with Crippen LogP contribution in [0.25, 0.3) is 0 Å². The van der Waals surface area contributed by atoms with Crippen LogP contribution in [0.15, 0.2) is 22.7 Å². The third kappa shape index (κ3) is 5.86. The van der Waals surface area contributed by atoms with Crippen LogP contribution in [0.3, 0.4) is 0 Å². The van der Waals surface area contributed by atoms with Crippen molar-refractivity contribution in [3.63, 3.8) is 0 Å². The van der Waals surface area contributed by atoms with Crippen molar-refractivity contribution >= 4 is 39.6 Å². The molecule has 41 heavy (non-hydrogen) atoms. The number of allylic oxidation sites excluding steroid dienone is 1. The number of cyclic esters (lactones) is 1. The molecule has 6 atom stereocenters. The molecule has 0 aromatic heterocycles. The van der Waals surface area contributed by atoms with Gasteiger partial charge in [0.05, 0.1) is 12.5 Å². The van der Waals surface area contributed by atoms with Gasteiger partial charge >= 0.3 is 5.97 Å². The Kier molecular flexibility index (Phi) is 9.55. The Hall–Kier alpha value is -2.24. The molecular weight excluding hydrogens is 594 g/mol. The maximum atomic E-state index is 14.7. The summed E-state index contributed by atoms with van der Waals surface area (Å²) in [4.78, 5) is 58.4. The molecule has 226 valence electrons. The van der Waals surface area contributed by atoms with E-state index in [1.165, 1.54) is 0 Å². The third-order valence-electron chi connectivity index (χ3n) is 9.20. The van der Waals surface area contributed by atoms with Crippen LogP contribution < -0.4 is 5.32 Å². The molecule has 1 saturated carbocycles. The van der Waals surface area contributed by atoms with Crippen molar-refractivity contribution in [3.8, 4) is 0 Å². The molecule has 10 nitrogen and oxygen atoms in total. The molecule has 11 heteroatoms. The van der Waals surface area contributed by atoms with E-state index in [1.807, 2.05) is 23.1 Å². The van der Waals surface area contributed by atoms with E-state index in [1.54, 1.807) is 11.8 Å². The van der Waals surface area contributed by atoms with Crippen molar-refractivity contribution < 1.29 is 33.8 Å². The Morgan fingerprint density at radius 2 is 1.85 bits per heavy atom. The van der Waals surface area contributed by atoms with Gasteiger partial charge in [0, 0.05) is 36.6 Å². The molecule has 5 aliphatic rings. The summed E-state index contributed by atoms with van der Waals surface area (Å²) in [5.74, 6) is -2.92. The second kappa shape index (κ2) is 13.0. The van der Waals surface area contributed by atoms with Gasteiger partial charge in [-0.15, -0.1) is 0 Å². The number of likely N-dealkylation sites (tertiary alicyclic amines) is 1. The maximum Gasteiger partial charge on any atom is 0.313 e. The number of carbonyl (C=O) groups excluding carboxylic acids is 4. The number of amides is 3. The van der Waals surface area contributed by atoms with Crippen LogP contribution in [0.1, 0.15) is 71.1 Å². The summed E-state index contributed by atoms with van der Waals surface area (Å²) < 4.78 is 12.9. The van der Waals surface area contributed by atoms with Gasteiger partial charge in [-0.05, 0) is 51.5 Å². The van der Waals surface area contributed by atoms with E-state index in [4.69, 9.17) is 9.47 Å². The van der Waals surface area contributed by atoms with Gasteiger partial charge in [0.15, 0.2) is 0 Å². The van der Waals surface area contributed by atoms with E-state index < -0.39 is 41.7 Å². The average molecular weight is 637 g/mol. The molecule has 0 aromatic carbocycles. The van der Waals surface area contributed by atoms with Gasteiger partial charge in [-0.3, -0.25) is 19.2 Å². The molecule has 2 N–H and O–H groups in total. The molecule has 5 bridgehead atoms. The number of fused-ring (bicyclic) bond motifs is 2. The summed E-state index contributed by atoms with van der Waals surface area (Å²) in [5.41, 5.74) is -1.28. The van der Waals surface area contributed by atoms with Gasteiger partial charge in [-0.1, -0.05) is 47.3 Å². The first-order valence-electron chi connectivity index (χ1n) is 15.2. The van der Waals surface area contributed by atoms with Crippen LogP contribution in [-0.4, -0.2) is 94.7 Å². The van der Waals surface area contributed by atoms with E-state index >= 15 is 0 Å². The smallest absolute Gasteiger partial charge is 0.313 e.